The number of carbonyl (C=O) groups is 1. The van der Waals surface area contributed by atoms with Gasteiger partial charge in [-0.3, -0.25) is 14.9 Å². The van der Waals surface area contributed by atoms with Crippen LogP contribution >= 0.6 is 11.3 Å². The van der Waals surface area contributed by atoms with Crippen LogP contribution in [-0.2, 0) is 0 Å². The molecule has 0 N–H and O–H groups in total. The number of aromatic nitrogens is 1. The van der Waals surface area contributed by atoms with Crippen molar-refractivity contribution in [2.75, 3.05) is 5.01 Å². The summed E-state index contributed by atoms with van der Waals surface area (Å²) in [5, 5.41) is 16.4. The van der Waals surface area contributed by atoms with Gasteiger partial charge in [-0.1, -0.05) is 17.4 Å². The molecule has 0 unspecified atom stereocenters. The minimum absolute atomic E-state index is 0.0567. The average Bonchev–Trinajstić information content (AvgIpc) is 3.37. The number of anilines is 1. The van der Waals surface area contributed by atoms with Gasteiger partial charge in [0.1, 0.15) is 11.6 Å². The summed E-state index contributed by atoms with van der Waals surface area (Å²) in [6.07, 6.45) is 2.77. The smallest absolute Gasteiger partial charge is 0.281 e. The number of furan rings is 1. The lowest BCUT2D eigenvalue weighted by Gasteiger charge is -2.13. The summed E-state index contributed by atoms with van der Waals surface area (Å²) in [5.41, 5.74) is 0.329. The highest BCUT2D eigenvalue weighted by Crippen LogP contribution is 2.31. The fourth-order valence-electron chi connectivity index (χ4n) is 2.52. The van der Waals surface area contributed by atoms with Crippen molar-refractivity contribution in [3.63, 3.8) is 0 Å². The Morgan fingerprint density at radius 3 is 2.86 bits per heavy atom. The maximum atomic E-state index is 13.5. The molecule has 0 bridgehead atoms. The SMILES string of the molecule is O=C(c1cccc([N+](=O)[O-])c1)N(/N=C/c1ccco1)c1nc2ccc(F)cc2s1. The van der Waals surface area contributed by atoms with E-state index >= 15 is 0 Å². The van der Waals surface area contributed by atoms with Gasteiger partial charge in [0.25, 0.3) is 11.6 Å². The van der Waals surface area contributed by atoms with E-state index in [9.17, 15) is 19.3 Å². The molecule has 0 spiro atoms. The topological polar surface area (TPSA) is 102 Å². The van der Waals surface area contributed by atoms with E-state index in [0.29, 0.717) is 16.0 Å². The molecule has 2 heterocycles. The fourth-order valence-corrected chi connectivity index (χ4v) is 3.47. The molecule has 8 nitrogen and oxygen atoms in total. The normalized spacial score (nSPS) is 11.2. The van der Waals surface area contributed by atoms with Crippen molar-refractivity contribution in [2.24, 2.45) is 5.10 Å². The van der Waals surface area contributed by atoms with E-state index in [2.05, 4.69) is 10.1 Å². The second kappa shape index (κ2) is 7.60. The van der Waals surface area contributed by atoms with Gasteiger partial charge in [-0.05, 0) is 36.4 Å². The quantitative estimate of drug-likeness (QED) is 0.271. The third-order valence-corrected chi connectivity index (χ3v) is 4.85. The summed E-state index contributed by atoms with van der Waals surface area (Å²) in [6.45, 7) is 0. The van der Waals surface area contributed by atoms with Crippen molar-refractivity contribution < 1.29 is 18.5 Å². The third kappa shape index (κ3) is 3.87. The summed E-state index contributed by atoms with van der Waals surface area (Å²) >= 11 is 1.07. The number of nitrogens with zero attached hydrogens (tertiary/aromatic N) is 4. The van der Waals surface area contributed by atoms with Crippen LogP contribution in [0.15, 0.2) is 70.4 Å². The zero-order chi connectivity index (χ0) is 20.4. The molecular weight excluding hydrogens is 399 g/mol. The Morgan fingerprint density at radius 1 is 1.24 bits per heavy atom. The van der Waals surface area contributed by atoms with Crippen molar-refractivity contribution in [3.05, 3.63) is 88.1 Å². The van der Waals surface area contributed by atoms with Gasteiger partial charge >= 0.3 is 0 Å². The number of non-ortho nitro benzene ring substituents is 1. The summed E-state index contributed by atoms with van der Waals surface area (Å²) in [4.78, 5) is 27.9. The lowest BCUT2D eigenvalue weighted by molar-refractivity contribution is -0.384. The second-order valence-electron chi connectivity index (χ2n) is 5.79. The van der Waals surface area contributed by atoms with Crippen molar-refractivity contribution >= 4 is 44.5 Å². The number of hydrogen-bond donors (Lipinski definition) is 0. The minimum atomic E-state index is -0.629. The summed E-state index contributed by atoms with van der Waals surface area (Å²) in [6, 6.07) is 12.7. The van der Waals surface area contributed by atoms with Crippen LogP contribution in [0.1, 0.15) is 16.1 Å². The van der Waals surface area contributed by atoms with E-state index in [1.54, 1.807) is 12.1 Å². The van der Waals surface area contributed by atoms with Crippen LogP contribution in [0.3, 0.4) is 0 Å². The largest absolute Gasteiger partial charge is 0.463 e. The van der Waals surface area contributed by atoms with Crippen molar-refractivity contribution in [3.8, 4) is 0 Å². The molecule has 144 valence electrons. The number of nitro benzene ring substituents is 1. The first-order valence-electron chi connectivity index (χ1n) is 8.24. The minimum Gasteiger partial charge on any atom is -0.463 e. The van der Waals surface area contributed by atoms with Gasteiger partial charge in [-0.2, -0.15) is 10.1 Å². The predicted octanol–water partition coefficient (Wildman–Crippen LogP) is 4.62. The lowest BCUT2D eigenvalue weighted by Crippen LogP contribution is -2.25. The van der Waals surface area contributed by atoms with E-state index in [1.807, 2.05) is 0 Å². The number of benzene rings is 2. The van der Waals surface area contributed by atoms with Crippen LogP contribution in [0.2, 0.25) is 0 Å². The van der Waals surface area contributed by atoms with Crippen LogP contribution in [0.25, 0.3) is 10.2 Å². The highest BCUT2D eigenvalue weighted by Gasteiger charge is 2.23. The summed E-state index contributed by atoms with van der Waals surface area (Å²) < 4.78 is 19.2. The molecule has 0 aliphatic rings. The molecule has 0 atom stereocenters. The van der Waals surface area contributed by atoms with Crippen LogP contribution < -0.4 is 5.01 Å². The Bertz CT molecular complexity index is 1240. The van der Waals surface area contributed by atoms with Gasteiger partial charge in [0.2, 0.25) is 5.13 Å². The predicted molar refractivity (Wildman–Crippen MR) is 106 cm³/mol. The average molecular weight is 410 g/mol. The molecule has 29 heavy (non-hydrogen) atoms. The number of fused-ring (bicyclic) bond motifs is 1. The number of hydrazone groups is 1. The number of carbonyl (C=O) groups excluding carboxylic acids is 1. The van der Waals surface area contributed by atoms with Crippen LogP contribution in [0.4, 0.5) is 15.2 Å². The van der Waals surface area contributed by atoms with E-state index in [-0.39, 0.29) is 16.4 Å². The lowest BCUT2D eigenvalue weighted by atomic mass is 10.2. The highest BCUT2D eigenvalue weighted by atomic mass is 32.1. The van der Waals surface area contributed by atoms with Gasteiger partial charge < -0.3 is 4.42 Å². The van der Waals surface area contributed by atoms with Crippen molar-refractivity contribution in [1.29, 1.82) is 0 Å². The van der Waals surface area contributed by atoms with Crippen molar-refractivity contribution in [2.45, 2.75) is 0 Å². The summed E-state index contributed by atoms with van der Waals surface area (Å²) in [5.74, 6) is -0.659. The molecule has 4 aromatic rings. The van der Waals surface area contributed by atoms with E-state index in [4.69, 9.17) is 4.42 Å². The summed E-state index contributed by atoms with van der Waals surface area (Å²) in [7, 11) is 0. The van der Waals surface area contributed by atoms with E-state index in [1.165, 1.54) is 48.9 Å². The zero-order valence-electron chi connectivity index (χ0n) is 14.6. The maximum absolute atomic E-state index is 13.5. The first-order valence-corrected chi connectivity index (χ1v) is 9.05. The van der Waals surface area contributed by atoms with E-state index in [0.717, 1.165) is 22.4 Å². The molecule has 0 saturated carbocycles. The molecule has 0 radical (unpaired) electrons. The van der Waals surface area contributed by atoms with Gasteiger partial charge in [0, 0.05) is 17.7 Å². The Morgan fingerprint density at radius 2 is 2.10 bits per heavy atom. The van der Waals surface area contributed by atoms with Gasteiger partial charge in [-0.15, -0.1) is 0 Å². The first kappa shape index (κ1) is 18.4. The number of halogens is 1. The Kier molecular flexibility index (Phi) is 4.83. The van der Waals surface area contributed by atoms with Crippen molar-refractivity contribution in [1.82, 2.24) is 4.98 Å². The molecule has 0 saturated heterocycles. The molecule has 2 aromatic heterocycles. The number of rotatable bonds is 5. The molecular formula is C19H11FN4O4S. The Balaban J connectivity index is 1.77. The van der Waals surface area contributed by atoms with Gasteiger partial charge in [-0.25, -0.2) is 9.37 Å². The van der Waals surface area contributed by atoms with Crippen LogP contribution in [0.5, 0.6) is 0 Å². The molecule has 0 aliphatic heterocycles. The van der Waals surface area contributed by atoms with Gasteiger partial charge in [0.15, 0.2) is 0 Å². The standard InChI is InChI=1S/C19H11FN4O4S/c20-13-6-7-16-17(10-13)29-19(22-16)23(21-11-15-5-2-8-28-15)18(25)12-3-1-4-14(9-12)24(26)27/h1-11H/b21-11+. The molecule has 2 aromatic carbocycles. The molecule has 0 aliphatic carbocycles. The maximum Gasteiger partial charge on any atom is 0.281 e. The van der Waals surface area contributed by atoms with E-state index < -0.39 is 16.6 Å². The number of thiazole rings is 1. The highest BCUT2D eigenvalue weighted by molar-refractivity contribution is 7.22. The first-order chi connectivity index (χ1) is 14.0. The van der Waals surface area contributed by atoms with Crippen LogP contribution in [-0.4, -0.2) is 22.0 Å². The van der Waals surface area contributed by atoms with Crippen LogP contribution in [0, 0.1) is 15.9 Å². The molecule has 0 fully saturated rings. The number of nitro groups is 1. The van der Waals surface area contributed by atoms with Gasteiger partial charge in [0.05, 0.1) is 27.6 Å². The monoisotopic (exact) mass is 410 g/mol. The Labute approximate surface area is 166 Å². The number of hydrogen-bond acceptors (Lipinski definition) is 7. The number of amides is 1. The molecule has 4 rings (SSSR count). The fraction of sp³-hybridized carbons (Fsp3) is 0. The second-order valence-corrected chi connectivity index (χ2v) is 6.80. The zero-order valence-corrected chi connectivity index (χ0v) is 15.4. The third-order valence-electron chi connectivity index (χ3n) is 3.86. The molecule has 10 heteroatoms. The molecule has 1 amide bonds. The Hall–Kier alpha value is -3.92.